The number of hydrogen-bond acceptors (Lipinski definition) is 3. The number of nitrogens with one attached hydrogen (secondary N) is 1. The first-order valence-electron chi connectivity index (χ1n) is 5.83. The summed E-state index contributed by atoms with van der Waals surface area (Å²) in [5.41, 5.74) is 9.34. The third-order valence-electron chi connectivity index (χ3n) is 2.95. The largest absolute Gasteiger partial charge is 0.397 e. The zero-order valence-corrected chi connectivity index (χ0v) is 10.4. The topological polar surface area (TPSA) is 68.8 Å². The minimum Gasteiger partial charge on any atom is -0.397 e. The molecule has 0 bridgehead atoms. The molecule has 0 fully saturated rings. The fraction of sp³-hybridized carbons (Fsp3) is 0.214. The van der Waals surface area contributed by atoms with Crippen LogP contribution >= 0.6 is 0 Å². The van der Waals surface area contributed by atoms with E-state index < -0.39 is 0 Å². The molecular formula is C14H16N4. The Balaban J connectivity index is 2.05. The van der Waals surface area contributed by atoms with Crippen LogP contribution < -0.4 is 10.6 Å². The molecule has 0 aliphatic carbocycles. The highest BCUT2D eigenvalue weighted by atomic mass is 15.1. The third-order valence-corrected chi connectivity index (χ3v) is 2.95. The van der Waals surface area contributed by atoms with Crippen LogP contribution in [-0.2, 0) is 6.42 Å². The number of nitriles is 1. The second-order valence-corrected chi connectivity index (χ2v) is 4.25. The maximum absolute atomic E-state index is 8.80. The number of rotatable bonds is 4. The highest BCUT2D eigenvalue weighted by Crippen LogP contribution is 2.23. The predicted octanol–water partition coefficient (Wildman–Crippen LogP) is 2.15. The monoisotopic (exact) mass is 240 g/mol. The first-order valence-corrected chi connectivity index (χ1v) is 5.83. The Morgan fingerprint density at radius 2 is 2.22 bits per heavy atom. The molecule has 0 saturated carbocycles. The minimum absolute atomic E-state index is 0.592. The van der Waals surface area contributed by atoms with E-state index in [-0.39, 0.29) is 0 Å². The van der Waals surface area contributed by atoms with E-state index in [1.54, 1.807) is 12.1 Å². The van der Waals surface area contributed by atoms with E-state index in [1.807, 2.05) is 25.4 Å². The standard InChI is InChI=1S/C14H16N4/c1-18(8-6-12-3-2-7-17-12)14-5-4-11(10-15)9-13(14)16/h2-5,7,9,17H,6,8,16H2,1H3. The maximum Gasteiger partial charge on any atom is 0.0992 e. The molecule has 1 heterocycles. The Hall–Kier alpha value is -2.41. The van der Waals surface area contributed by atoms with Crippen LogP contribution in [0.25, 0.3) is 0 Å². The van der Waals surface area contributed by atoms with Gasteiger partial charge in [-0.2, -0.15) is 5.26 Å². The highest BCUT2D eigenvalue weighted by Gasteiger charge is 2.06. The van der Waals surface area contributed by atoms with Crippen molar-refractivity contribution in [2.24, 2.45) is 0 Å². The van der Waals surface area contributed by atoms with Gasteiger partial charge in [-0.3, -0.25) is 0 Å². The van der Waals surface area contributed by atoms with Crippen molar-refractivity contribution >= 4 is 11.4 Å². The first kappa shape index (κ1) is 12.1. The number of nitrogens with two attached hydrogens (primary N) is 1. The fourth-order valence-electron chi connectivity index (χ4n) is 1.90. The van der Waals surface area contributed by atoms with E-state index in [9.17, 15) is 0 Å². The summed E-state index contributed by atoms with van der Waals surface area (Å²) in [6.07, 6.45) is 2.86. The van der Waals surface area contributed by atoms with Gasteiger partial charge in [0.05, 0.1) is 23.0 Å². The minimum atomic E-state index is 0.592. The van der Waals surface area contributed by atoms with E-state index in [0.717, 1.165) is 18.7 Å². The molecule has 0 saturated heterocycles. The van der Waals surface area contributed by atoms with Crippen LogP contribution in [0.1, 0.15) is 11.3 Å². The van der Waals surface area contributed by atoms with Crippen LogP contribution in [0.2, 0.25) is 0 Å². The fourth-order valence-corrected chi connectivity index (χ4v) is 1.90. The van der Waals surface area contributed by atoms with E-state index in [4.69, 9.17) is 11.0 Å². The van der Waals surface area contributed by atoms with Gasteiger partial charge in [0.2, 0.25) is 0 Å². The summed E-state index contributed by atoms with van der Waals surface area (Å²) in [7, 11) is 2.00. The molecule has 0 spiro atoms. The van der Waals surface area contributed by atoms with Crippen molar-refractivity contribution in [1.82, 2.24) is 4.98 Å². The Kier molecular flexibility index (Phi) is 3.54. The summed E-state index contributed by atoms with van der Waals surface area (Å²) in [6.45, 7) is 0.872. The van der Waals surface area contributed by atoms with Crippen molar-refractivity contribution in [1.29, 1.82) is 5.26 Å². The molecule has 2 rings (SSSR count). The Bertz CT molecular complexity index is 552. The molecule has 1 aromatic heterocycles. The SMILES string of the molecule is CN(CCc1ccc[nH]1)c1ccc(C#N)cc1N. The van der Waals surface area contributed by atoms with E-state index in [0.29, 0.717) is 11.3 Å². The lowest BCUT2D eigenvalue weighted by atomic mass is 10.1. The lowest BCUT2D eigenvalue weighted by Crippen LogP contribution is -2.21. The number of anilines is 2. The predicted molar refractivity (Wildman–Crippen MR) is 73.3 cm³/mol. The summed E-state index contributed by atoms with van der Waals surface area (Å²) in [5, 5.41) is 8.80. The van der Waals surface area contributed by atoms with E-state index >= 15 is 0 Å². The van der Waals surface area contributed by atoms with Gasteiger partial charge in [-0.15, -0.1) is 0 Å². The van der Waals surface area contributed by atoms with Crippen LogP contribution in [0.5, 0.6) is 0 Å². The van der Waals surface area contributed by atoms with Crippen molar-refractivity contribution in [3.05, 3.63) is 47.8 Å². The second kappa shape index (κ2) is 5.28. The molecule has 3 N–H and O–H groups in total. The van der Waals surface area contributed by atoms with Gasteiger partial charge in [-0.1, -0.05) is 0 Å². The van der Waals surface area contributed by atoms with Crippen LogP contribution in [0.4, 0.5) is 11.4 Å². The summed E-state index contributed by atoms with van der Waals surface area (Å²) >= 11 is 0. The zero-order chi connectivity index (χ0) is 13.0. The summed E-state index contributed by atoms with van der Waals surface area (Å²) in [4.78, 5) is 5.27. The molecule has 1 aromatic carbocycles. The Morgan fingerprint density at radius 1 is 1.39 bits per heavy atom. The summed E-state index contributed by atoms with van der Waals surface area (Å²) in [5.74, 6) is 0. The molecule has 0 atom stereocenters. The van der Waals surface area contributed by atoms with Crippen molar-refractivity contribution in [2.45, 2.75) is 6.42 Å². The number of nitrogen functional groups attached to an aromatic ring is 1. The van der Waals surface area contributed by atoms with Crippen molar-refractivity contribution in [2.75, 3.05) is 24.2 Å². The average Bonchev–Trinajstić information content (AvgIpc) is 2.88. The number of nitrogens with zero attached hydrogens (tertiary/aromatic N) is 2. The van der Waals surface area contributed by atoms with Gasteiger partial charge in [-0.25, -0.2) is 0 Å². The molecule has 4 nitrogen and oxygen atoms in total. The van der Waals surface area contributed by atoms with Crippen molar-refractivity contribution in [3.8, 4) is 6.07 Å². The average molecular weight is 240 g/mol. The van der Waals surface area contributed by atoms with Gasteiger partial charge in [-0.05, 0) is 30.3 Å². The Morgan fingerprint density at radius 3 is 2.83 bits per heavy atom. The molecular weight excluding hydrogens is 224 g/mol. The molecule has 92 valence electrons. The van der Waals surface area contributed by atoms with Crippen LogP contribution in [0.15, 0.2) is 36.5 Å². The van der Waals surface area contributed by atoms with Gasteiger partial charge >= 0.3 is 0 Å². The number of H-pyrrole nitrogens is 1. The summed E-state index contributed by atoms with van der Waals surface area (Å²) in [6, 6.07) is 11.5. The van der Waals surface area contributed by atoms with Gasteiger partial charge in [0.15, 0.2) is 0 Å². The van der Waals surface area contributed by atoms with Gasteiger partial charge in [0.1, 0.15) is 0 Å². The number of benzene rings is 1. The first-order chi connectivity index (χ1) is 8.70. The molecule has 2 aromatic rings. The van der Waals surface area contributed by atoms with Crippen molar-refractivity contribution in [3.63, 3.8) is 0 Å². The normalized spacial score (nSPS) is 10.0. The van der Waals surface area contributed by atoms with E-state index in [1.165, 1.54) is 5.69 Å². The third kappa shape index (κ3) is 2.64. The highest BCUT2D eigenvalue weighted by molar-refractivity contribution is 5.69. The maximum atomic E-state index is 8.80. The van der Waals surface area contributed by atoms with E-state index in [2.05, 4.69) is 22.0 Å². The molecule has 18 heavy (non-hydrogen) atoms. The lowest BCUT2D eigenvalue weighted by Gasteiger charge is -2.20. The Labute approximate surface area is 107 Å². The van der Waals surface area contributed by atoms with Gasteiger partial charge in [0, 0.05) is 31.9 Å². The lowest BCUT2D eigenvalue weighted by molar-refractivity contribution is 0.860. The second-order valence-electron chi connectivity index (χ2n) is 4.25. The molecule has 4 heteroatoms. The smallest absolute Gasteiger partial charge is 0.0992 e. The molecule has 0 unspecified atom stereocenters. The molecule has 0 aliphatic rings. The molecule has 0 radical (unpaired) electrons. The van der Waals surface area contributed by atoms with Crippen molar-refractivity contribution < 1.29 is 0 Å². The van der Waals surface area contributed by atoms with Crippen LogP contribution in [-0.4, -0.2) is 18.6 Å². The quantitative estimate of drug-likeness (QED) is 0.804. The number of hydrogen-bond donors (Lipinski definition) is 2. The summed E-state index contributed by atoms with van der Waals surface area (Å²) < 4.78 is 0. The molecule has 0 aliphatic heterocycles. The zero-order valence-electron chi connectivity index (χ0n) is 10.4. The number of aromatic amines is 1. The van der Waals surface area contributed by atoms with Crippen LogP contribution in [0, 0.1) is 11.3 Å². The van der Waals surface area contributed by atoms with Gasteiger partial charge in [0.25, 0.3) is 0 Å². The van der Waals surface area contributed by atoms with Gasteiger partial charge < -0.3 is 15.6 Å². The van der Waals surface area contributed by atoms with Crippen LogP contribution in [0.3, 0.4) is 0 Å². The number of likely N-dealkylation sites (N-methyl/N-ethyl adjacent to an activating group) is 1. The number of aromatic nitrogens is 1. The molecule has 0 amide bonds.